The Labute approximate surface area is 129 Å². The molecule has 0 saturated carbocycles. The van der Waals surface area contributed by atoms with Gasteiger partial charge in [-0.2, -0.15) is 13.2 Å². The first kappa shape index (κ1) is 16.0. The third kappa shape index (κ3) is 4.33. The first-order valence-electron chi connectivity index (χ1n) is 6.13. The average molecular weight is 327 g/mol. The lowest BCUT2D eigenvalue weighted by Crippen LogP contribution is -2.11. The molecule has 3 nitrogen and oxygen atoms in total. The second-order valence-electron chi connectivity index (χ2n) is 4.29. The maximum Gasteiger partial charge on any atom is 0.417 e. The summed E-state index contributed by atoms with van der Waals surface area (Å²) in [4.78, 5) is 15.2. The van der Waals surface area contributed by atoms with Crippen molar-refractivity contribution in [2.75, 3.05) is 5.32 Å². The first-order chi connectivity index (χ1) is 10.4. The van der Waals surface area contributed by atoms with Crippen LogP contribution in [-0.4, -0.2) is 10.9 Å². The van der Waals surface area contributed by atoms with Crippen molar-refractivity contribution >= 4 is 29.4 Å². The Bertz CT molecular complexity index is 700. The maximum absolute atomic E-state index is 12.5. The van der Waals surface area contributed by atoms with Crippen LogP contribution in [-0.2, 0) is 11.0 Å². The zero-order valence-electron chi connectivity index (χ0n) is 11.1. The number of nitrogens with one attached hydrogen (secondary N) is 1. The van der Waals surface area contributed by atoms with Gasteiger partial charge in [0.05, 0.1) is 10.6 Å². The topological polar surface area (TPSA) is 42.0 Å². The van der Waals surface area contributed by atoms with Gasteiger partial charge in [-0.3, -0.25) is 4.79 Å². The third-order valence-electron chi connectivity index (χ3n) is 2.64. The molecule has 114 valence electrons. The average Bonchev–Trinajstić information content (AvgIpc) is 2.47. The van der Waals surface area contributed by atoms with Gasteiger partial charge in [-0.15, -0.1) is 0 Å². The number of rotatable bonds is 3. The molecule has 0 saturated heterocycles. The van der Waals surface area contributed by atoms with Crippen molar-refractivity contribution in [1.82, 2.24) is 4.98 Å². The van der Waals surface area contributed by atoms with E-state index in [2.05, 4.69) is 10.3 Å². The molecule has 1 amide bonds. The van der Waals surface area contributed by atoms with Crippen LogP contribution in [0.2, 0.25) is 5.02 Å². The summed E-state index contributed by atoms with van der Waals surface area (Å²) in [6.07, 6.45) is -1.12. The van der Waals surface area contributed by atoms with Crippen LogP contribution >= 0.6 is 11.6 Å². The summed E-state index contributed by atoms with van der Waals surface area (Å²) in [5.41, 5.74) is -0.167. The normalized spacial score (nSPS) is 11.6. The molecule has 1 heterocycles. The van der Waals surface area contributed by atoms with Gasteiger partial charge in [-0.1, -0.05) is 41.9 Å². The number of carbonyl (C=O) groups excluding carboxylic acids is 1. The Balaban J connectivity index is 2.08. The van der Waals surface area contributed by atoms with Crippen LogP contribution in [0.5, 0.6) is 0 Å². The highest BCUT2D eigenvalue weighted by Crippen LogP contribution is 2.32. The predicted octanol–water partition coefficient (Wildman–Crippen LogP) is 4.41. The van der Waals surface area contributed by atoms with Crippen LogP contribution in [0.3, 0.4) is 0 Å². The smallest absolute Gasteiger partial charge is 0.306 e. The molecule has 0 unspecified atom stereocenters. The zero-order chi connectivity index (χ0) is 16.2. The van der Waals surface area contributed by atoms with Crippen LogP contribution in [0.25, 0.3) is 6.08 Å². The molecular weight excluding hydrogens is 317 g/mol. The monoisotopic (exact) mass is 326 g/mol. The van der Waals surface area contributed by atoms with Gasteiger partial charge in [0.2, 0.25) is 5.91 Å². The quantitative estimate of drug-likeness (QED) is 0.849. The number of hydrogen-bond acceptors (Lipinski definition) is 2. The second kappa shape index (κ2) is 6.62. The molecule has 0 bridgehead atoms. The Kier molecular flexibility index (Phi) is 4.82. The Hall–Kier alpha value is -2.34. The van der Waals surface area contributed by atoms with Gasteiger partial charge in [0.15, 0.2) is 5.82 Å². The summed E-state index contributed by atoms with van der Waals surface area (Å²) in [5.74, 6) is -0.671. The highest BCUT2D eigenvalue weighted by atomic mass is 35.5. The van der Waals surface area contributed by atoms with E-state index >= 15 is 0 Å². The van der Waals surface area contributed by atoms with E-state index in [1.165, 1.54) is 6.08 Å². The Morgan fingerprint density at radius 3 is 2.50 bits per heavy atom. The number of benzene rings is 1. The van der Waals surface area contributed by atoms with Gasteiger partial charge in [-0.05, 0) is 17.7 Å². The molecule has 0 spiro atoms. The summed E-state index contributed by atoms with van der Waals surface area (Å²) in [7, 11) is 0. The first-order valence-corrected chi connectivity index (χ1v) is 6.51. The Morgan fingerprint density at radius 1 is 1.23 bits per heavy atom. The van der Waals surface area contributed by atoms with E-state index < -0.39 is 17.6 Å². The summed E-state index contributed by atoms with van der Waals surface area (Å²) in [6.45, 7) is 0. The number of aromatic nitrogens is 1. The number of pyridine rings is 1. The highest BCUT2D eigenvalue weighted by molar-refractivity contribution is 6.33. The number of halogens is 4. The molecular formula is C15H10ClF3N2O. The number of alkyl halides is 3. The summed E-state index contributed by atoms with van der Waals surface area (Å²) < 4.78 is 37.4. The van der Waals surface area contributed by atoms with Crippen molar-refractivity contribution < 1.29 is 18.0 Å². The van der Waals surface area contributed by atoms with E-state index in [0.717, 1.165) is 5.56 Å². The predicted molar refractivity (Wildman–Crippen MR) is 78.4 cm³/mol. The van der Waals surface area contributed by atoms with Crippen LogP contribution in [0.15, 0.2) is 48.7 Å². The van der Waals surface area contributed by atoms with Crippen LogP contribution < -0.4 is 5.32 Å². The van der Waals surface area contributed by atoms with E-state index in [9.17, 15) is 18.0 Å². The minimum atomic E-state index is -4.54. The fraction of sp³-hybridized carbons (Fsp3) is 0.0667. The van der Waals surface area contributed by atoms with E-state index in [1.54, 1.807) is 18.2 Å². The van der Waals surface area contributed by atoms with Crippen molar-refractivity contribution in [3.63, 3.8) is 0 Å². The van der Waals surface area contributed by atoms with Crippen molar-refractivity contribution in [3.05, 3.63) is 64.8 Å². The molecule has 22 heavy (non-hydrogen) atoms. The lowest BCUT2D eigenvalue weighted by atomic mass is 10.2. The van der Waals surface area contributed by atoms with Crippen molar-refractivity contribution in [1.29, 1.82) is 0 Å². The van der Waals surface area contributed by atoms with Crippen LogP contribution in [0.1, 0.15) is 11.1 Å². The maximum atomic E-state index is 12.5. The summed E-state index contributed by atoms with van der Waals surface area (Å²) >= 11 is 5.70. The summed E-state index contributed by atoms with van der Waals surface area (Å²) in [6, 6.07) is 9.77. The van der Waals surface area contributed by atoms with Crippen LogP contribution in [0, 0.1) is 0 Å². The molecule has 0 radical (unpaired) electrons. The Morgan fingerprint density at radius 2 is 1.91 bits per heavy atom. The molecule has 1 aromatic heterocycles. The van der Waals surface area contributed by atoms with E-state index in [4.69, 9.17) is 11.6 Å². The number of nitrogens with zero attached hydrogens (tertiary/aromatic N) is 1. The van der Waals surface area contributed by atoms with Crippen LogP contribution in [0.4, 0.5) is 19.0 Å². The van der Waals surface area contributed by atoms with Crippen molar-refractivity contribution in [2.45, 2.75) is 6.18 Å². The zero-order valence-corrected chi connectivity index (χ0v) is 11.8. The molecule has 0 aliphatic heterocycles. The largest absolute Gasteiger partial charge is 0.417 e. The molecule has 1 N–H and O–H groups in total. The van der Waals surface area contributed by atoms with Crippen molar-refractivity contribution in [2.24, 2.45) is 0 Å². The standard InChI is InChI=1S/C15H10ClF3N2O/c16-12-8-11(15(17,18)19)9-20-14(12)21-13(22)7-6-10-4-2-1-3-5-10/h1-9H,(H,20,21,22). The molecule has 0 fully saturated rings. The highest BCUT2D eigenvalue weighted by Gasteiger charge is 2.31. The molecule has 0 aliphatic carbocycles. The molecule has 7 heteroatoms. The third-order valence-corrected chi connectivity index (χ3v) is 2.92. The van der Waals surface area contributed by atoms with Gasteiger partial charge in [0.25, 0.3) is 0 Å². The van der Waals surface area contributed by atoms with Gasteiger partial charge < -0.3 is 5.32 Å². The molecule has 2 aromatic rings. The van der Waals surface area contributed by atoms with Gasteiger partial charge in [-0.25, -0.2) is 4.98 Å². The van der Waals surface area contributed by atoms with Crippen molar-refractivity contribution in [3.8, 4) is 0 Å². The lowest BCUT2D eigenvalue weighted by Gasteiger charge is -2.09. The number of carbonyl (C=O) groups is 1. The number of anilines is 1. The number of hydrogen-bond donors (Lipinski definition) is 1. The second-order valence-corrected chi connectivity index (χ2v) is 4.69. The fourth-order valence-corrected chi connectivity index (χ4v) is 1.79. The minimum absolute atomic E-state index is 0.127. The van der Waals surface area contributed by atoms with E-state index in [0.29, 0.717) is 12.3 Å². The minimum Gasteiger partial charge on any atom is -0.306 e. The molecule has 0 aliphatic rings. The molecule has 1 aromatic carbocycles. The SMILES string of the molecule is O=C(C=Cc1ccccc1)Nc1ncc(C(F)(F)F)cc1Cl. The molecule has 2 rings (SSSR count). The fourth-order valence-electron chi connectivity index (χ4n) is 1.58. The van der Waals surface area contributed by atoms with Gasteiger partial charge >= 0.3 is 6.18 Å². The lowest BCUT2D eigenvalue weighted by molar-refractivity contribution is -0.137. The van der Waals surface area contributed by atoms with Gasteiger partial charge in [0.1, 0.15) is 0 Å². The van der Waals surface area contributed by atoms with E-state index in [1.807, 2.05) is 18.2 Å². The number of amides is 1. The summed E-state index contributed by atoms with van der Waals surface area (Å²) in [5, 5.41) is 2.04. The van der Waals surface area contributed by atoms with E-state index in [-0.39, 0.29) is 10.8 Å². The van der Waals surface area contributed by atoms with Gasteiger partial charge in [0, 0.05) is 12.3 Å². The molecule has 0 atom stereocenters.